The van der Waals surface area contributed by atoms with Crippen LogP contribution in [0.15, 0.2) is 6.20 Å². The second-order valence-electron chi connectivity index (χ2n) is 6.53. The van der Waals surface area contributed by atoms with Gasteiger partial charge in [-0.05, 0) is 37.5 Å². The molecular weight excluding hydrogens is 260 g/mol. The first-order valence-electron chi connectivity index (χ1n) is 6.95. The van der Waals surface area contributed by atoms with Crippen molar-refractivity contribution >= 4 is 11.6 Å². The molecule has 2 rings (SSSR count). The number of ether oxygens (including phenoxy) is 1. The van der Waals surface area contributed by atoms with Crippen molar-refractivity contribution in [3.05, 3.63) is 17.6 Å². The first-order chi connectivity index (χ1) is 8.89. The lowest BCUT2D eigenvalue weighted by molar-refractivity contribution is 0.0525. The molecule has 0 bridgehead atoms. The number of nitrogens with zero attached hydrogens (tertiary/aromatic N) is 2. The molecule has 0 aliphatic heterocycles. The lowest BCUT2D eigenvalue weighted by Gasteiger charge is -2.38. The van der Waals surface area contributed by atoms with Crippen molar-refractivity contribution in [3.63, 3.8) is 0 Å². The molecule has 1 aliphatic rings. The van der Waals surface area contributed by atoms with E-state index in [2.05, 4.69) is 30.7 Å². The molecule has 106 valence electrons. The lowest BCUT2D eigenvalue weighted by Crippen LogP contribution is -2.34. The molecule has 1 saturated carbocycles. The van der Waals surface area contributed by atoms with Gasteiger partial charge in [-0.3, -0.25) is 0 Å². The summed E-state index contributed by atoms with van der Waals surface area (Å²) in [7, 11) is 0. The molecule has 3 nitrogen and oxygen atoms in total. The van der Waals surface area contributed by atoms with Crippen LogP contribution in [0, 0.1) is 18.3 Å². The molecule has 1 aromatic rings. The summed E-state index contributed by atoms with van der Waals surface area (Å²) >= 11 is 5.93. The molecule has 0 radical (unpaired) electrons. The van der Waals surface area contributed by atoms with Crippen LogP contribution in [0.5, 0.6) is 5.88 Å². The maximum atomic E-state index is 6.13. The van der Waals surface area contributed by atoms with E-state index in [-0.39, 0.29) is 6.10 Å². The highest BCUT2D eigenvalue weighted by Crippen LogP contribution is 2.40. The van der Waals surface area contributed by atoms with Crippen molar-refractivity contribution in [2.75, 3.05) is 0 Å². The zero-order valence-electron chi connectivity index (χ0n) is 12.2. The molecule has 0 saturated heterocycles. The fourth-order valence-electron chi connectivity index (χ4n) is 3.17. The average molecular weight is 283 g/mol. The van der Waals surface area contributed by atoms with Gasteiger partial charge in [0.1, 0.15) is 11.9 Å². The standard InChI is InChI=1S/C15H23ClN2O/c1-10-5-13(7-15(3,4)6-10)19-14-12(8-16)9-17-11(2)18-14/h9-10,13H,5-8H2,1-4H3. The number of aromatic nitrogens is 2. The minimum atomic E-state index is 0.231. The summed E-state index contributed by atoms with van der Waals surface area (Å²) in [4.78, 5) is 8.56. The first kappa shape index (κ1) is 14.6. The highest BCUT2D eigenvalue weighted by Gasteiger charge is 2.33. The predicted octanol–water partition coefficient (Wildman–Crippen LogP) is 4.12. The summed E-state index contributed by atoms with van der Waals surface area (Å²) in [5.41, 5.74) is 1.22. The normalized spacial score (nSPS) is 26.2. The molecular formula is C15H23ClN2O. The van der Waals surface area contributed by atoms with Crippen LogP contribution >= 0.6 is 11.6 Å². The van der Waals surface area contributed by atoms with E-state index in [0.29, 0.717) is 23.1 Å². The third-order valence-corrected chi connectivity index (χ3v) is 4.00. The number of aryl methyl sites for hydroxylation is 1. The summed E-state index contributed by atoms with van der Waals surface area (Å²) in [5.74, 6) is 2.47. The zero-order valence-corrected chi connectivity index (χ0v) is 13.0. The second kappa shape index (κ2) is 5.66. The number of alkyl halides is 1. The maximum absolute atomic E-state index is 6.13. The average Bonchev–Trinajstić information content (AvgIpc) is 2.26. The summed E-state index contributed by atoms with van der Waals surface area (Å²) in [6.45, 7) is 8.79. The predicted molar refractivity (Wildman–Crippen MR) is 77.5 cm³/mol. The van der Waals surface area contributed by atoms with Gasteiger partial charge in [0.2, 0.25) is 5.88 Å². The van der Waals surface area contributed by atoms with Gasteiger partial charge in [0.15, 0.2) is 0 Å². The monoisotopic (exact) mass is 282 g/mol. The first-order valence-corrected chi connectivity index (χ1v) is 7.48. The van der Waals surface area contributed by atoms with E-state index in [1.54, 1.807) is 6.20 Å². The highest BCUT2D eigenvalue weighted by atomic mass is 35.5. The molecule has 2 atom stereocenters. The molecule has 2 unspecified atom stereocenters. The number of hydrogen-bond acceptors (Lipinski definition) is 3. The maximum Gasteiger partial charge on any atom is 0.221 e. The van der Waals surface area contributed by atoms with E-state index in [0.717, 1.165) is 24.2 Å². The van der Waals surface area contributed by atoms with Gasteiger partial charge in [0, 0.05) is 11.8 Å². The van der Waals surface area contributed by atoms with Crippen LogP contribution in [0.2, 0.25) is 0 Å². The molecule has 0 N–H and O–H groups in total. The third-order valence-electron chi connectivity index (χ3n) is 3.71. The van der Waals surface area contributed by atoms with E-state index < -0.39 is 0 Å². The molecule has 1 heterocycles. The van der Waals surface area contributed by atoms with E-state index in [1.807, 2.05) is 6.92 Å². The summed E-state index contributed by atoms with van der Waals surface area (Å²) < 4.78 is 6.13. The molecule has 1 aliphatic carbocycles. The Kier molecular flexibility index (Phi) is 4.34. The van der Waals surface area contributed by atoms with E-state index >= 15 is 0 Å². The minimum absolute atomic E-state index is 0.231. The van der Waals surface area contributed by atoms with Gasteiger partial charge in [0.25, 0.3) is 0 Å². The van der Waals surface area contributed by atoms with Crippen LogP contribution in [0.1, 0.15) is 51.4 Å². The Labute approximate surface area is 120 Å². The highest BCUT2D eigenvalue weighted by molar-refractivity contribution is 6.17. The third kappa shape index (κ3) is 3.82. The van der Waals surface area contributed by atoms with Crippen LogP contribution in [0.25, 0.3) is 0 Å². The molecule has 0 spiro atoms. The molecule has 0 amide bonds. The van der Waals surface area contributed by atoms with E-state index in [9.17, 15) is 0 Å². The zero-order chi connectivity index (χ0) is 14.0. The Morgan fingerprint density at radius 1 is 1.42 bits per heavy atom. The van der Waals surface area contributed by atoms with Gasteiger partial charge in [-0.25, -0.2) is 4.98 Å². The van der Waals surface area contributed by atoms with Crippen LogP contribution < -0.4 is 4.74 Å². The molecule has 4 heteroatoms. The fraction of sp³-hybridized carbons (Fsp3) is 0.733. The molecule has 1 aromatic heterocycles. The van der Waals surface area contributed by atoms with E-state index in [1.165, 1.54) is 6.42 Å². The van der Waals surface area contributed by atoms with Gasteiger partial charge >= 0.3 is 0 Å². The Balaban J connectivity index is 2.14. The van der Waals surface area contributed by atoms with Crippen LogP contribution in [0.3, 0.4) is 0 Å². The Morgan fingerprint density at radius 2 is 2.16 bits per heavy atom. The van der Waals surface area contributed by atoms with Gasteiger partial charge in [0.05, 0.1) is 5.88 Å². The van der Waals surface area contributed by atoms with Crippen molar-refractivity contribution in [1.29, 1.82) is 0 Å². The van der Waals surface area contributed by atoms with Crippen molar-refractivity contribution in [3.8, 4) is 5.88 Å². The molecule has 0 aromatic carbocycles. The van der Waals surface area contributed by atoms with Crippen LogP contribution in [-0.2, 0) is 5.88 Å². The lowest BCUT2D eigenvalue weighted by atomic mass is 9.71. The van der Waals surface area contributed by atoms with E-state index in [4.69, 9.17) is 16.3 Å². The van der Waals surface area contributed by atoms with Gasteiger partial charge < -0.3 is 4.74 Å². The molecule has 19 heavy (non-hydrogen) atoms. The minimum Gasteiger partial charge on any atom is -0.474 e. The van der Waals surface area contributed by atoms with Crippen LogP contribution in [-0.4, -0.2) is 16.1 Å². The topological polar surface area (TPSA) is 35.0 Å². The number of hydrogen-bond donors (Lipinski definition) is 0. The Morgan fingerprint density at radius 3 is 2.79 bits per heavy atom. The van der Waals surface area contributed by atoms with Gasteiger partial charge in [-0.1, -0.05) is 20.8 Å². The fourth-order valence-corrected chi connectivity index (χ4v) is 3.36. The Hall–Kier alpha value is -0.830. The number of rotatable bonds is 3. The molecule has 1 fully saturated rings. The quantitative estimate of drug-likeness (QED) is 0.782. The smallest absolute Gasteiger partial charge is 0.221 e. The summed E-state index contributed by atoms with van der Waals surface area (Å²) in [6, 6.07) is 0. The SMILES string of the molecule is Cc1ncc(CCl)c(OC2CC(C)CC(C)(C)C2)n1. The second-order valence-corrected chi connectivity index (χ2v) is 6.80. The van der Waals surface area contributed by atoms with Crippen molar-refractivity contribution in [2.45, 2.75) is 58.9 Å². The Bertz CT molecular complexity index is 448. The largest absolute Gasteiger partial charge is 0.474 e. The van der Waals surface area contributed by atoms with Crippen molar-refractivity contribution in [1.82, 2.24) is 9.97 Å². The van der Waals surface area contributed by atoms with Crippen molar-refractivity contribution in [2.24, 2.45) is 11.3 Å². The van der Waals surface area contributed by atoms with Gasteiger partial charge in [-0.2, -0.15) is 4.98 Å². The summed E-state index contributed by atoms with van der Waals surface area (Å²) in [5, 5.41) is 0. The van der Waals surface area contributed by atoms with Gasteiger partial charge in [-0.15, -0.1) is 11.6 Å². The van der Waals surface area contributed by atoms with Crippen molar-refractivity contribution < 1.29 is 4.74 Å². The number of halogens is 1. The summed E-state index contributed by atoms with van der Waals surface area (Å²) in [6.07, 6.45) is 5.42. The van der Waals surface area contributed by atoms with Crippen LogP contribution in [0.4, 0.5) is 0 Å².